The average Bonchev–Trinajstić information content (AvgIpc) is 2.78. The van der Waals surface area contributed by atoms with Crippen molar-refractivity contribution in [2.24, 2.45) is 5.92 Å². The molecule has 2 rings (SSSR count). The highest BCUT2D eigenvalue weighted by Crippen LogP contribution is 2.31. The smallest absolute Gasteiger partial charge is 0.304 e. The van der Waals surface area contributed by atoms with Crippen molar-refractivity contribution in [3.05, 3.63) is 0 Å². The van der Waals surface area contributed by atoms with Gasteiger partial charge in [-0.1, -0.05) is 12.8 Å². The van der Waals surface area contributed by atoms with Gasteiger partial charge >= 0.3 is 5.97 Å². The number of aliphatic carboxylic acids is 1. The Balaban J connectivity index is 1.77. The Morgan fingerprint density at radius 1 is 1.24 bits per heavy atom. The minimum Gasteiger partial charge on any atom is -0.481 e. The third-order valence-electron chi connectivity index (χ3n) is 4.18. The van der Waals surface area contributed by atoms with Crippen molar-refractivity contribution in [2.75, 3.05) is 13.1 Å². The zero-order valence-corrected chi connectivity index (χ0v) is 10.5. The van der Waals surface area contributed by atoms with Gasteiger partial charge in [-0.15, -0.1) is 0 Å². The van der Waals surface area contributed by atoms with Gasteiger partial charge in [-0.25, -0.2) is 0 Å². The number of carboxylic acids is 1. The summed E-state index contributed by atoms with van der Waals surface area (Å²) in [6.45, 7) is 1.77. The number of hydrogen-bond acceptors (Lipinski definition) is 3. The second-order valence-corrected chi connectivity index (χ2v) is 5.36. The lowest BCUT2D eigenvalue weighted by atomic mass is 9.88. The van der Waals surface area contributed by atoms with Crippen LogP contribution in [0.4, 0.5) is 0 Å². The molecule has 0 radical (unpaired) electrons. The van der Waals surface area contributed by atoms with Crippen molar-refractivity contribution in [3.8, 4) is 0 Å². The maximum absolute atomic E-state index is 10.5. The number of hydrogen-bond donors (Lipinski definition) is 3. The molecule has 0 aromatic carbocycles. The van der Waals surface area contributed by atoms with Gasteiger partial charge in [0.15, 0.2) is 0 Å². The summed E-state index contributed by atoms with van der Waals surface area (Å²) in [7, 11) is 0. The minimum absolute atomic E-state index is 0.237. The van der Waals surface area contributed by atoms with Crippen molar-refractivity contribution >= 4 is 5.97 Å². The summed E-state index contributed by atoms with van der Waals surface area (Å²) in [6, 6.07) is 1.19. The van der Waals surface area contributed by atoms with Crippen molar-refractivity contribution < 1.29 is 9.90 Å². The maximum Gasteiger partial charge on any atom is 0.304 e. The highest BCUT2D eigenvalue weighted by molar-refractivity contribution is 5.66. The van der Waals surface area contributed by atoms with Crippen LogP contribution in [0.5, 0.6) is 0 Å². The number of piperidine rings is 1. The standard InChI is InChI=1S/C13H24N2O2/c16-13(17)7-9-15-12-6-3-4-10(12)11-5-1-2-8-14-11/h10-12,14-15H,1-9H2,(H,16,17). The lowest BCUT2D eigenvalue weighted by Gasteiger charge is -2.33. The van der Waals surface area contributed by atoms with Crippen molar-refractivity contribution in [1.29, 1.82) is 0 Å². The Kier molecular flexibility index (Phi) is 4.80. The fraction of sp³-hybridized carbons (Fsp3) is 0.923. The second-order valence-electron chi connectivity index (χ2n) is 5.36. The molecule has 0 aromatic heterocycles. The Morgan fingerprint density at radius 3 is 2.82 bits per heavy atom. The van der Waals surface area contributed by atoms with Crippen LogP contribution >= 0.6 is 0 Å². The molecule has 0 amide bonds. The molecule has 17 heavy (non-hydrogen) atoms. The van der Waals surface area contributed by atoms with Gasteiger partial charge in [0, 0.05) is 18.6 Å². The summed E-state index contributed by atoms with van der Waals surface area (Å²) in [6.07, 6.45) is 7.97. The van der Waals surface area contributed by atoms with E-state index in [1.54, 1.807) is 0 Å². The molecule has 3 atom stereocenters. The molecular formula is C13H24N2O2. The third-order valence-corrected chi connectivity index (χ3v) is 4.18. The molecule has 3 unspecified atom stereocenters. The van der Waals surface area contributed by atoms with Crippen molar-refractivity contribution in [2.45, 2.75) is 57.0 Å². The normalized spacial score (nSPS) is 33.8. The number of carboxylic acid groups (broad SMARTS) is 1. The monoisotopic (exact) mass is 240 g/mol. The summed E-state index contributed by atoms with van der Waals surface area (Å²) in [5.74, 6) is 0.00642. The first-order valence-corrected chi connectivity index (χ1v) is 6.96. The van der Waals surface area contributed by atoms with Crippen LogP contribution in [0.25, 0.3) is 0 Å². The Bertz CT molecular complexity index is 252. The summed E-state index contributed by atoms with van der Waals surface area (Å²) >= 11 is 0. The van der Waals surface area contributed by atoms with Crippen LogP contribution in [-0.2, 0) is 4.79 Å². The molecule has 2 fully saturated rings. The molecule has 1 aliphatic carbocycles. The highest BCUT2D eigenvalue weighted by Gasteiger charge is 2.33. The molecular weight excluding hydrogens is 216 g/mol. The molecule has 1 saturated heterocycles. The van der Waals surface area contributed by atoms with E-state index < -0.39 is 5.97 Å². The number of rotatable bonds is 5. The molecule has 1 saturated carbocycles. The average molecular weight is 240 g/mol. The molecule has 2 aliphatic rings. The van der Waals surface area contributed by atoms with E-state index in [-0.39, 0.29) is 6.42 Å². The van der Waals surface area contributed by atoms with E-state index in [1.165, 1.54) is 38.5 Å². The van der Waals surface area contributed by atoms with Gasteiger partial charge in [0.25, 0.3) is 0 Å². The van der Waals surface area contributed by atoms with Crippen LogP contribution in [0.2, 0.25) is 0 Å². The fourth-order valence-electron chi connectivity index (χ4n) is 3.33. The molecule has 1 heterocycles. The molecule has 0 bridgehead atoms. The van der Waals surface area contributed by atoms with E-state index in [0.717, 1.165) is 6.54 Å². The van der Waals surface area contributed by atoms with E-state index in [1.807, 2.05) is 0 Å². The SMILES string of the molecule is O=C(O)CCNC1CCCC1C1CCCCN1. The molecule has 3 N–H and O–H groups in total. The summed E-state index contributed by atoms with van der Waals surface area (Å²) in [4.78, 5) is 10.5. The van der Waals surface area contributed by atoms with Crippen LogP contribution in [0.3, 0.4) is 0 Å². The van der Waals surface area contributed by atoms with Crippen LogP contribution in [-0.4, -0.2) is 36.2 Å². The van der Waals surface area contributed by atoms with E-state index in [9.17, 15) is 4.79 Å². The van der Waals surface area contributed by atoms with Crippen LogP contribution in [0.15, 0.2) is 0 Å². The Hall–Kier alpha value is -0.610. The van der Waals surface area contributed by atoms with Gasteiger partial charge in [0.2, 0.25) is 0 Å². The predicted molar refractivity (Wildman–Crippen MR) is 67.0 cm³/mol. The first kappa shape index (κ1) is 12.8. The van der Waals surface area contributed by atoms with Crippen LogP contribution < -0.4 is 10.6 Å². The molecule has 1 aliphatic heterocycles. The maximum atomic E-state index is 10.5. The van der Waals surface area contributed by atoms with E-state index >= 15 is 0 Å². The first-order valence-electron chi connectivity index (χ1n) is 6.96. The van der Waals surface area contributed by atoms with Gasteiger partial charge in [0.05, 0.1) is 6.42 Å². The minimum atomic E-state index is -0.706. The first-order chi connectivity index (χ1) is 8.27. The molecule has 0 aromatic rings. The highest BCUT2D eigenvalue weighted by atomic mass is 16.4. The Morgan fingerprint density at radius 2 is 2.12 bits per heavy atom. The summed E-state index contributed by atoms with van der Waals surface area (Å²) in [5.41, 5.74) is 0. The third kappa shape index (κ3) is 3.68. The lowest BCUT2D eigenvalue weighted by Crippen LogP contribution is -2.47. The van der Waals surface area contributed by atoms with Crippen molar-refractivity contribution in [3.63, 3.8) is 0 Å². The van der Waals surface area contributed by atoms with E-state index in [2.05, 4.69) is 10.6 Å². The topological polar surface area (TPSA) is 61.4 Å². The number of nitrogens with one attached hydrogen (secondary N) is 2. The van der Waals surface area contributed by atoms with Crippen LogP contribution in [0, 0.1) is 5.92 Å². The zero-order chi connectivity index (χ0) is 12.1. The quantitative estimate of drug-likeness (QED) is 0.679. The predicted octanol–water partition coefficient (Wildman–Crippen LogP) is 1.36. The summed E-state index contributed by atoms with van der Waals surface area (Å²) in [5, 5.41) is 15.7. The lowest BCUT2D eigenvalue weighted by molar-refractivity contribution is -0.136. The van der Waals surface area contributed by atoms with Crippen LogP contribution in [0.1, 0.15) is 44.9 Å². The molecule has 98 valence electrons. The molecule has 4 heteroatoms. The summed E-state index contributed by atoms with van der Waals surface area (Å²) < 4.78 is 0. The second kappa shape index (κ2) is 6.36. The number of carbonyl (C=O) groups is 1. The Labute approximate surface area is 103 Å². The largest absolute Gasteiger partial charge is 0.481 e. The van der Waals surface area contributed by atoms with Gasteiger partial charge in [-0.2, -0.15) is 0 Å². The van der Waals surface area contributed by atoms with E-state index in [4.69, 9.17) is 5.11 Å². The fourth-order valence-corrected chi connectivity index (χ4v) is 3.33. The molecule has 0 spiro atoms. The van der Waals surface area contributed by atoms with Gasteiger partial charge in [-0.3, -0.25) is 4.79 Å². The molecule has 4 nitrogen and oxygen atoms in total. The van der Waals surface area contributed by atoms with Gasteiger partial charge in [0.1, 0.15) is 0 Å². The van der Waals surface area contributed by atoms with Gasteiger partial charge in [-0.05, 0) is 38.1 Å². The van der Waals surface area contributed by atoms with Gasteiger partial charge < -0.3 is 15.7 Å². The zero-order valence-electron chi connectivity index (χ0n) is 10.5. The van der Waals surface area contributed by atoms with Crippen molar-refractivity contribution in [1.82, 2.24) is 10.6 Å². The van der Waals surface area contributed by atoms with E-state index in [0.29, 0.717) is 24.5 Å².